The SMILES string of the molecule is COC(C)(C)CCCCCCCc1ccc(C(C)C)cc1. The maximum absolute atomic E-state index is 5.45. The Balaban J connectivity index is 2.09. The Bertz CT molecular complexity index is 375. The van der Waals surface area contributed by atoms with Crippen molar-refractivity contribution in [1.82, 2.24) is 0 Å². The molecule has 0 unspecified atom stereocenters. The van der Waals surface area contributed by atoms with E-state index in [1.165, 1.54) is 56.1 Å². The van der Waals surface area contributed by atoms with E-state index in [0.717, 1.165) is 0 Å². The van der Waals surface area contributed by atoms with Gasteiger partial charge in [0.1, 0.15) is 0 Å². The lowest BCUT2D eigenvalue weighted by Gasteiger charge is -2.22. The molecule has 120 valence electrons. The van der Waals surface area contributed by atoms with Gasteiger partial charge in [-0.3, -0.25) is 0 Å². The molecule has 0 aliphatic carbocycles. The molecular formula is C20H34O. The molecule has 0 amide bonds. The molecule has 1 nitrogen and oxygen atoms in total. The van der Waals surface area contributed by atoms with Crippen molar-refractivity contribution in [3.63, 3.8) is 0 Å². The number of aryl methyl sites for hydroxylation is 1. The normalized spacial score (nSPS) is 12.1. The van der Waals surface area contributed by atoms with E-state index in [1.807, 2.05) is 7.11 Å². The molecule has 1 rings (SSSR count). The Morgan fingerprint density at radius 3 is 2.05 bits per heavy atom. The van der Waals surface area contributed by atoms with Crippen LogP contribution in [0, 0.1) is 0 Å². The number of ether oxygens (including phenoxy) is 1. The van der Waals surface area contributed by atoms with Gasteiger partial charge in [0.05, 0.1) is 5.60 Å². The predicted octanol–water partition coefficient (Wildman–Crippen LogP) is 6.12. The lowest BCUT2D eigenvalue weighted by molar-refractivity contribution is 0.0134. The molecule has 0 aliphatic rings. The molecule has 0 spiro atoms. The molecule has 1 aromatic rings. The van der Waals surface area contributed by atoms with Crippen LogP contribution in [0.15, 0.2) is 24.3 Å². The number of rotatable bonds is 10. The molecular weight excluding hydrogens is 256 g/mol. The lowest BCUT2D eigenvalue weighted by Crippen LogP contribution is -2.21. The zero-order chi connectivity index (χ0) is 15.7. The van der Waals surface area contributed by atoms with Crippen LogP contribution in [-0.4, -0.2) is 12.7 Å². The van der Waals surface area contributed by atoms with E-state index in [9.17, 15) is 0 Å². The minimum Gasteiger partial charge on any atom is -0.379 e. The van der Waals surface area contributed by atoms with Crippen molar-refractivity contribution in [3.05, 3.63) is 35.4 Å². The molecule has 0 fully saturated rings. The number of hydrogen-bond donors (Lipinski definition) is 0. The van der Waals surface area contributed by atoms with Gasteiger partial charge in [-0.15, -0.1) is 0 Å². The highest BCUT2D eigenvalue weighted by Crippen LogP contribution is 2.19. The van der Waals surface area contributed by atoms with Gasteiger partial charge in [0.2, 0.25) is 0 Å². The molecule has 0 radical (unpaired) electrons. The van der Waals surface area contributed by atoms with Crippen LogP contribution < -0.4 is 0 Å². The summed E-state index contributed by atoms with van der Waals surface area (Å²) in [6.45, 7) is 8.85. The van der Waals surface area contributed by atoms with Crippen molar-refractivity contribution in [2.45, 2.75) is 84.2 Å². The monoisotopic (exact) mass is 290 g/mol. The van der Waals surface area contributed by atoms with Gasteiger partial charge in [-0.25, -0.2) is 0 Å². The summed E-state index contributed by atoms with van der Waals surface area (Å²) in [6.07, 6.45) is 9.02. The summed E-state index contributed by atoms with van der Waals surface area (Å²) in [5.74, 6) is 0.635. The van der Waals surface area contributed by atoms with Gasteiger partial charge >= 0.3 is 0 Å². The Kier molecular flexibility index (Phi) is 8.03. The third kappa shape index (κ3) is 7.66. The fraction of sp³-hybridized carbons (Fsp3) is 0.700. The molecule has 21 heavy (non-hydrogen) atoms. The maximum atomic E-state index is 5.45. The van der Waals surface area contributed by atoms with Gasteiger partial charge in [-0.1, -0.05) is 63.8 Å². The molecule has 0 aromatic heterocycles. The van der Waals surface area contributed by atoms with Crippen molar-refractivity contribution in [1.29, 1.82) is 0 Å². The summed E-state index contributed by atoms with van der Waals surface area (Å²) in [5.41, 5.74) is 2.98. The first-order valence-corrected chi connectivity index (χ1v) is 8.58. The second kappa shape index (κ2) is 9.25. The molecule has 0 atom stereocenters. The second-order valence-electron chi connectivity index (χ2n) is 7.13. The summed E-state index contributed by atoms with van der Waals surface area (Å²) in [4.78, 5) is 0. The largest absolute Gasteiger partial charge is 0.379 e. The molecule has 0 N–H and O–H groups in total. The quantitative estimate of drug-likeness (QED) is 0.472. The summed E-state index contributed by atoms with van der Waals surface area (Å²) < 4.78 is 5.45. The van der Waals surface area contributed by atoms with E-state index in [1.54, 1.807) is 0 Å². The molecule has 0 saturated carbocycles. The zero-order valence-electron chi connectivity index (χ0n) is 14.7. The molecule has 0 saturated heterocycles. The minimum absolute atomic E-state index is 0.0537. The van der Waals surface area contributed by atoms with Crippen molar-refractivity contribution in [2.24, 2.45) is 0 Å². The van der Waals surface area contributed by atoms with Gasteiger partial charge < -0.3 is 4.74 Å². The smallest absolute Gasteiger partial charge is 0.0622 e. The first-order valence-electron chi connectivity index (χ1n) is 8.58. The first-order chi connectivity index (χ1) is 9.94. The Morgan fingerprint density at radius 2 is 1.48 bits per heavy atom. The molecule has 1 heteroatoms. The van der Waals surface area contributed by atoms with Crippen LogP contribution in [0.1, 0.15) is 83.3 Å². The average Bonchev–Trinajstić information content (AvgIpc) is 2.46. The summed E-state index contributed by atoms with van der Waals surface area (Å²) in [7, 11) is 1.81. The molecule has 0 bridgehead atoms. The Hall–Kier alpha value is -0.820. The molecule has 0 aliphatic heterocycles. The highest BCUT2D eigenvalue weighted by Gasteiger charge is 2.14. The summed E-state index contributed by atoms with van der Waals surface area (Å²) in [5, 5.41) is 0. The van der Waals surface area contributed by atoms with Crippen molar-refractivity contribution < 1.29 is 4.74 Å². The van der Waals surface area contributed by atoms with Crippen LogP contribution in [-0.2, 0) is 11.2 Å². The molecule has 0 heterocycles. The maximum Gasteiger partial charge on any atom is 0.0622 e. The number of methoxy groups -OCH3 is 1. The fourth-order valence-corrected chi connectivity index (χ4v) is 2.58. The van der Waals surface area contributed by atoms with Crippen LogP contribution in [0.4, 0.5) is 0 Å². The van der Waals surface area contributed by atoms with Gasteiger partial charge in [0.15, 0.2) is 0 Å². The van der Waals surface area contributed by atoms with Crippen LogP contribution >= 0.6 is 0 Å². The Labute approximate surface area is 132 Å². The standard InChI is InChI=1S/C20H34O/c1-17(2)19-14-12-18(13-15-19)11-9-7-6-8-10-16-20(3,4)21-5/h12-15,17H,6-11,16H2,1-5H3. The summed E-state index contributed by atoms with van der Waals surface area (Å²) in [6, 6.07) is 9.17. The predicted molar refractivity (Wildman–Crippen MR) is 93.0 cm³/mol. The topological polar surface area (TPSA) is 9.23 Å². The van der Waals surface area contributed by atoms with E-state index >= 15 is 0 Å². The van der Waals surface area contributed by atoms with Crippen LogP contribution in [0.3, 0.4) is 0 Å². The van der Waals surface area contributed by atoms with Crippen LogP contribution in [0.2, 0.25) is 0 Å². The van der Waals surface area contributed by atoms with E-state index < -0.39 is 0 Å². The highest BCUT2D eigenvalue weighted by molar-refractivity contribution is 5.24. The number of hydrogen-bond acceptors (Lipinski definition) is 1. The van der Waals surface area contributed by atoms with Crippen LogP contribution in [0.5, 0.6) is 0 Å². The van der Waals surface area contributed by atoms with Gasteiger partial charge in [-0.05, 0) is 50.2 Å². The lowest BCUT2D eigenvalue weighted by atomic mass is 9.98. The van der Waals surface area contributed by atoms with E-state index in [4.69, 9.17) is 4.74 Å². The summed E-state index contributed by atoms with van der Waals surface area (Å²) >= 11 is 0. The fourth-order valence-electron chi connectivity index (χ4n) is 2.58. The van der Waals surface area contributed by atoms with Gasteiger partial charge in [0, 0.05) is 7.11 Å². The van der Waals surface area contributed by atoms with E-state index in [0.29, 0.717) is 5.92 Å². The molecule has 1 aromatic carbocycles. The van der Waals surface area contributed by atoms with E-state index in [2.05, 4.69) is 52.0 Å². The third-order valence-electron chi connectivity index (χ3n) is 4.44. The van der Waals surface area contributed by atoms with E-state index in [-0.39, 0.29) is 5.60 Å². The van der Waals surface area contributed by atoms with Crippen molar-refractivity contribution in [3.8, 4) is 0 Å². The van der Waals surface area contributed by atoms with Gasteiger partial charge in [-0.2, -0.15) is 0 Å². The number of benzene rings is 1. The van der Waals surface area contributed by atoms with Crippen molar-refractivity contribution in [2.75, 3.05) is 7.11 Å². The van der Waals surface area contributed by atoms with Gasteiger partial charge in [0.25, 0.3) is 0 Å². The zero-order valence-corrected chi connectivity index (χ0v) is 14.7. The first kappa shape index (κ1) is 18.2. The van der Waals surface area contributed by atoms with Crippen LogP contribution in [0.25, 0.3) is 0 Å². The third-order valence-corrected chi connectivity index (χ3v) is 4.44. The highest BCUT2D eigenvalue weighted by atomic mass is 16.5. The minimum atomic E-state index is 0.0537. The van der Waals surface area contributed by atoms with Crippen molar-refractivity contribution >= 4 is 0 Å². The number of unbranched alkanes of at least 4 members (excludes halogenated alkanes) is 4. The second-order valence-corrected chi connectivity index (χ2v) is 7.13. The average molecular weight is 290 g/mol. The Morgan fingerprint density at radius 1 is 0.905 bits per heavy atom.